The molecule has 0 spiro atoms. The standard InChI is InChI=1S/C12H17NO5S/c1-17-11-6-5-10(9-12(11)18-2)13(7-4-8-14)19(3,15)16/h5-6,8-9H,4,7H2,1-3H3. The van der Waals surface area contributed by atoms with Crippen LogP contribution in [0, 0.1) is 0 Å². The number of hydrogen-bond donors (Lipinski definition) is 0. The van der Waals surface area contributed by atoms with Crippen molar-refractivity contribution in [1.29, 1.82) is 0 Å². The maximum absolute atomic E-state index is 11.7. The topological polar surface area (TPSA) is 72.9 Å². The van der Waals surface area contributed by atoms with Gasteiger partial charge in [0.15, 0.2) is 11.5 Å². The van der Waals surface area contributed by atoms with Crippen LogP contribution in [0.4, 0.5) is 5.69 Å². The Bertz CT molecular complexity index is 541. The minimum Gasteiger partial charge on any atom is -0.493 e. The average Bonchev–Trinajstić information content (AvgIpc) is 2.37. The molecule has 7 heteroatoms. The minimum atomic E-state index is -3.46. The molecule has 0 saturated heterocycles. The summed E-state index contributed by atoms with van der Waals surface area (Å²) >= 11 is 0. The van der Waals surface area contributed by atoms with Gasteiger partial charge >= 0.3 is 0 Å². The number of rotatable bonds is 7. The summed E-state index contributed by atoms with van der Waals surface area (Å²) < 4.78 is 34.8. The quantitative estimate of drug-likeness (QED) is 0.701. The molecule has 0 fully saturated rings. The highest BCUT2D eigenvalue weighted by molar-refractivity contribution is 7.92. The van der Waals surface area contributed by atoms with E-state index < -0.39 is 10.0 Å². The zero-order valence-corrected chi connectivity index (χ0v) is 11.9. The fourth-order valence-electron chi connectivity index (χ4n) is 1.64. The van der Waals surface area contributed by atoms with Gasteiger partial charge in [0, 0.05) is 19.0 Å². The number of benzene rings is 1. The molecule has 6 nitrogen and oxygen atoms in total. The Morgan fingerprint density at radius 2 is 1.84 bits per heavy atom. The normalized spacial score (nSPS) is 10.9. The predicted octanol–water partition coefficient (Wildman–Crippen LogP) is 1.06. The Morgan fingerprint density at radius 1 is 1.21 bits per heavy atom. The molecule has 106 valence electrons. The minimum absolute atomic E-state index is 0.0951. The van der Waals surface area contributed by atoms with Crippen LogP contribution in [0.2, 0.25) is 0 Å². The SMILES string of the molecule is COc1ccc(N(CCC=O)S(C)(=O)=O)cc1OC. The first-order valence-corrected chi connectivity index (χ1v) is 7.42. The predicted molar refractivity (Wildman–Crippen MR) is 72.4 cm³/mol. The highest BCUT2D eigenvalue weighted by atomic mass is 32.2. The Hall–Kier alpha value is -1.76. The third-order valence-corrected chi connectivity index (χ3v) is 3.70. The molecule has 0 N–H and O–H groups in total. The molecule has 0 aliphatic rings. The van der Waals surface area contributed by atoms with Crippen molar-refractivity contribution in [2.45, 2.75) is 6.42 Å². The fourth-order valence-corrected chi connectivity index (χ4v) is 2.57. The van der Waals surface area contributed by atoms with Gasteiger partial charge in [0.2, 0.25) is 10.0 Å². The monoisotopic (exact) mass is 287 g/mol. The third-order valence-electron chi connectivity index (χ3n) is 2.51. The molecule has 0 bridgehead atoms. The largest absolute Gasteiger partial charge is 0.493 e. The van der Waals surface area contributed by atoms with Gasteiger partial charge in [0.25, 0.3) is 0 Å². The van der Waals surface area contributed by atoms with Crippen molar-refractivity contribution in [1.82, 2.24) is 0 Å². The van der Waals surface area contributed by atoms with Crippen LogP contribution in [0.3, 0.4) is 0 Å². The summed E-state index contributed by atoms with van der Waals surface area (Å²) in [6, 6.07) is 4.78. The molecule has 0 aliphatic heterocycles. The molecule has 0 unspecified atom stereocenters. The number of methoxy groups -OCH3 is 2. The number of sulfonamides is 1. The van der Waals surface area contributed by atoms with E-state index in [9.17, 15) is 13.2 Å². The van der Waals surface area contributed by atoms with Crippen LogP contribution in [-0.2, 0) is 14.8 Å². The number of aldehydes is 1. The van der Waals surface area contributed by atoms with Crippen molar-refractivity contribution in [3.05, 3.63) is 18.2 Å². The van der Waals surface area contributed by atoms with Crippen molar-refractivity contribution < 1.29 is 22.7 Å². The molecule has 1 rings (SSSR count). The van der Waals surface area contributed by atoms with Gasteiger partial charge in [-0.3, -0.25) is 4.31 Å². The molecule has 1 aromatic carbocycles. The average molecular weight is 287 g/mol. The summed E-state index contributed by atoms with van der Waals surface area (Å²) in [5.74, 6) is 0.940. The zero-order chi connectivity index (χ0) is 14.5. The van der Waals surface area contributed by atoms with E-state index in [1.165, 1.54) is 14.2 Å². The summed E-state index contributed by atoms with van der Waals surface area (Å²) in [6.07, 6.45) is 1.90. The van der Waals surface area contributed by atoms with E-state index in [-0.39, 0.29) is 13.0 Å². The zero-order valence-electron chi connectivity index (χ0n) is 11.1. The van der Waals surface area contributed by atoms with Crippen LogP contribution in [-0.4, -0.2) is 41.7 Å². The first-order valence-electron chi connectivity index (χ1n) is 5.57. The van der Waals surface area contributed by atoms with Crippen LogP contribution in [0.5, 0.6) is 11.5 Å². The van der Waals surface area contributed by atoms with E-state index in [0.29, 0.717) is 23.5 Å². The van der Waals surface area contributed by atoms with E-state index in [2.05, 4.69) is 0 Å². The second-order valence-corrected chi connectivity index (χ2v) is 5.74. The summed E-state index contributed by atoms with van der Waals surface area (Å²) in [5, 5.41) is 0. The van der Waals surface area contributed by atoms with Crippen molar-refractivity contribution in [3.8, 4) is 11.5 Å². The van der Waals surface area contributed by atoms with Gasteiger partial charge in [-0.15, -0.1) is 0 Å². The molecule has 0 aromatic heterocycles. The smallest absolute Gasteiger partial charge is 0.232 e. The molecule has 1 aromatic rings. The molecule has 0 aliphatic carbocycles. The number of ether oxygens (including phenoxy) is 2. The van der Waals surface area contributed by atoms with Gasteiger partial charge in [0.1, 0.15) is 6.29 Å². The Morgan fingerprint density at radius 3 is 2.32 bits per heavy atom. The molecule has 0 heterocycles. The van der Waals surface area contributed by atoms with Crippen LogP contribution in [0.1, 0.15) is 6.42 Å². The van der Waals surface area contributed by atoms with E-state index >= 15 is 0 Å². The summed E-state index contributed by atoms with van der Waals surface area (Å²) in [4.78, 5) is 10.4. The first-order chi connectivity index (χ1) is 8.93. The number of carbonyl (C=O) groups is 1. The lowest BCUT2D eigenvalue weighted by Gasteiger charge is -2.22. The molecule has 0 amide bonds. The Labute approximate surface area is 113 Å². The molecule has 0 atom stereocenters. The van der Waals surface area contributed by atoms with Crippen LogP contribution in [0.25, 0.3) is 0 Å². The van der Waals surface area contributed by atoms with E-state index in [1.54, 1.807) is 18.2 Å². The second-order valence-electron chi connectivity index (χ2n) is 3.83. The van der Waals surface area contributed by atoms with Crippen molar-refractivity contribution in [2.75, 3.05) is 31.3 Å². The molecular weight excluding hydrogens is 270 g/mol. The van der Waals surface area contributed by atoms with Gasteiger partial charge in [-0.25, -0.2) is 8.42 Å². The second kappa shape index (κ2) is 6.42. The maximum atomic E-state index is 11.7. The summed E-state index contributed by atoms with van der Waals surface area (Å²) in [6.45, 7) is 0.0951. The van der Waals surface area contributed by atoms with Crippen LogP contribution >= 0.6 is 0 Å². The lowest BCUT2D eigenvalue weighted by atomic mass is 10.2. The highest BCUT2D eigenvalue weighted by Gasteiger charge is 2.18. The first kappa shape index (κ1) is 15.3. The lowest BCUT2D eigenvalue weighted by molar-refractivity contribution is -0.107. The molecular formula is C12H17NO5S. The van der Waals surface area contributed by atoms with Crippen LogP contribution < -0.4 is 13.8 Å². The molecule has 19 heavy (non-hydrogen) atoms. The Kier molecular flexibility index (Phi) is 5.17. The number of carbonyl (C=O) groups excluding carboxylic acids is 1. The van der Waals surface area contributed by atoms with E-state index in [0.717, 1.165) is 10.6 Å². The van der Waals surface area contributed by atoms with Gasteiger partial charge in [-0.05, 0) is 12.1 Å². The number of anilines is 1. The molecule has 0 radical (unpaired) electrons. The van der Waals surface area contributed by atoms with Gasteiger partial charge in [0.05, 0.1) is 26.2 Å². The van der Waals surface area contributed by atoms with Crippen molar-refractivity contribution in [3.63, 3.8) is 0 Å². The lowest BCUT2D eigenvalue weighted by Crippen LogP contribution is -2.31. The van der Waals surface area contributed by atoms with E-state index in [1.807, 2.05) is 0 Å². The fraction of sp³-hybridized carbons (Fsp3) is 0.417. The highest BCUT2D eigenvalue weighted by Crippen LogP contribution is 2.32. The Balaban J connectivity index is 3.19. The van der Waals surface area contributed by atoms with Gasteiger partial charge < -0.3 is 14.3 Å². The summed E-state index contributed by atoms with van der Waals surface area (Å²) in [7, 11) is -0.488. The van der Waals surface area contributed by atoms with Crippen molar-refractivity contribution >= 4 is 22.0 Å². The van der Waals surface area contributed by atoms with Gasteiger partial charge in [-0.2, -0.15) is 0 Å². The maximum Gasteiger partial charge on any atom is 0.232 e. The van der Waals surface area contributed by atoms with E-state index in [4.69, 9.17) is 9.47 Å². The summed E-state index contributed by atoms with van der Waals surface area (Å²) in [5.41, 5.74) is 0.432. The molecule has 0 saturated carbocycles. The van der Waals surface area contributed by atoms with Crippen LogP contribution in [0.15, 0.2) is 18.2 Å². The van der Waals surface area contributed by atoms with Crippen molar-refractivity contribution in [2.24, 2.45) is 0 Å². The third kappa shape index (κ3) is 3.85. The number of nitrogens with zero attached hydrogens (tertiary/aromatic N) is 1. The van der Waals surface area contributed by atoms with Gasteiger partial charge in [-0.1, -0.05) is 0 Å². The number of hydrogen-bond acceptors (Lipinski definition) is 5.